The minimum atomic E-state index is -4.32. The van der Waals surface area contributed by atoms with Gasteiger partial charge in [-0.3, -0.25) is 0 Å². The van der Waals surface area contributed by atoms with Crippen molar-refractivity contribution in [1.29, 1.82) is 0 Å². The second kappa shape index (κ2) is 6.70. The summed E-state index contributed by atoms with van der Waals surface area (Å²) in [6.07, 6.45) is -1.51. The van der Waals surface area contributed by atoms with Gasteiger partial charge in [0.1, 0.15) is 13.2 Å². The van der Waals surface area contributed by atoms with Gasteiger partial charge >= 0.3 is 6.18 Å². The van der Waals surface area contributed by atoms with Crippen LogP contribution in [-0.4, -0.2) is 36.3 Å². The fraction of sp³-hybridized carbons (Fsp3) is 0.714. The van der Waals surface area contributed by atoms with Crippen LogP contribution in [0.3, 0.4) is 0 Å². The highest BCUT2D eigenvalue weighted by Crippen LogP contribution is 2.26. The number of ether oxygens (including phenoxy) is 1. The molecule has 0 bridgehead atoms. The molecule has 21 heavy (non-hydrogen) atoms. The van der Waals surface area contributed by atoms with Crippen LogP contribution in [-0.2, 0) is 24.2 Å². The third-order valence-electron chi connectivity index (χ3n) is 3.62. The Bertz CT molecular complexity index is 491. The highest BCUT2D eigenvalue weighted by Gasteiger charge is 2.28. The standard InChI is InChI=1S/C14H20F3N3O/c1-9-11-5-10(6-18-2)3-4-12(11)20-13(19-9)7-21-8-14(15,16)17/h10,18H,3-8H2,1-2H3. The van der Waals surface area contributed by atoms with Crippen LogP contribution in [0, 0.1) is 12.8 Å². The third-order valence-corrected chi connectivity index (χ3v) is 3.62. The molecule has 4 nitrogen and oxygen atoms in total. The summed E-state index contributed by atoms with van der Waals surface area (Å²) in [5.41, 5.74) is 2.95. The number of aryl methyl sites for hydroxylation is 2. The van der Waals surface area contributed by atoms with E-state index in [1.165, 1.54) is 0 Å². The Kier molecular flexibility index (Phi) is 5.16. The molecular weight excluding hydrogens is 283 g/mol. The van der Waals surface area contributed by atoms with Crippen LogP contribution in [0.2, 0.25) is 0 Å². The second-order valence-corrected chi connectivity index (χ2v) is 5.42. The molecule has 1 heterocycles. The van der Waals surface area contributed by atoms with Gasteiger partial charge in [0.05, 0.1) is 0 Å². The van der Waals surface area contributed by atoms with Gasteiger partial charge in [0.2, 0.25) is 0 Å². The zero-order valence-electron chi connectivity index (χ0n) is 12.3. The molecule has 0 radical (unpaired) electrons. The van der Waals surface area contributed by atoms with Crippen molar-refractivity contribution in [2.24, 2.45) is 5.92 Å². The average molecular weight is 303 g/mol. The lowest BCUT2D eigenvalue weighted by Crippen LogP contribution is -2.26. The van der Waals surface area contributed by atoms with E-state index in [0.717, 1.165) is 42.8 Å². The molecule has 1 unspecified atom stereocenters. The minimum absolute atomic E-state index is 0.201. The Morgan fingerprint density at radius 2 is 2.10 bits per heavy atom. The fourth-order valence-electron chi connectivity index (χ4n) is 2.71. The van der Waals surface area contributed by atoms with Crippen molar-refractivity contribution in [3.05, 3.63) is 22.8 Å². The smallest absolute Gasteiger partial charge is 0.364 e. The number of hydrogen-bond donors (Lipinski definition) is 1. The summed E-state index contributed by atoms with van der Waals surface area (Å²) in [5, 5.41) is 3.17. The van der Waals surface area contributed by atoms with E-state index in [1.54, 1.807) is 0 Å². The maximum Gasteiger partial charge on any atom is 0.411 e. The quantitative estimate of drug-likeness (QED) is 0.906. The molecule has 118 valence electrons. The van der Waals surface area contributed by atoms with E-state index in [1.807, 2.05) is 14.0 Å². The van der Waals surface area contributed by atoms with Gasteiger partial charge in [-0.1, -0.05) is 0 Å². The monoisotopic (exact) mass is 303 g/mol. The molecule has 1 aliphatic carbocycles. The SMILES string of the molecule is CNCC1CCc2nc(COCC(F)(F)F)nc(C)c2C1. The molecule has 1 aromatic heterocycles. The van der Waals surface area contributed by atoms with Crippen LogP contribution in [0.25, 0.3) is 0 Å². The molecular formula is C14H20F3N3O. The van der Waals surface area contributed by atoms with Gasteiger partial charge in [0, 0.05) is 11.4 Å². The van der Waals surface area contributed by atoms with Crippen LogP contribution >= 0.6 is 0 Å². The molecule has 1 N–H and O–H groups in total. The van der Waals surface area contributed by atoms with Crippen LogP contribution in [0.1, 0.15) is 29.2 Å². The molecule has 0 fully saturated rings. The van der Waals surface area contributed by atoms with E-state index < -0.39 is 12.8 Å². The number of halogens is 3. The summed E-state index contributed by atoms with van der Waals surface area (Å²) in [6, 6.07) is 0. The Morgan fingerprint density at radius 1 is 1.33 bits per heavy atom. The van der Waals surface area contributed by atoms with Gasteiger partial charge in [-0.2, -0.15) is 13.2 Å². The minimum Gasteiger partial charge on any atom is -0.364 e. The molecule has 1 aliphatic rings. The molecule has 0 aromatic carbocycles. The number of fused-ring (bicyclic) bond motifs is 1. The highest BCUT2D eigenvalue weighted by atomic mass is 19.4. The largest absolute Gasteiger partial charge is 0.411 e. The number of rotatable bonds is 5. The van der Waals surface area contributed by atoms with Crippen molar-refractivity contribution in [2.75, 3.05) is 20.2 Å². The summed E-state index contributed by atoms with van der Waals surface area (Å²) >= 11 is 0. The number of hydrogen-bond acceptors (Lipinski definition) is 4. The van der Waals surface area contributed by atoms with Gasteiger partial charge in [-0.25, -0.2) is 9.97 Å². The lowest BCUT2D eigenvalue weighted by Gasteiger charge is -2.25. The van der Waals surface area contributed by atoms with Gasteiger partial charge < -0.3 is 10.1 Å². The fourth-order valence-corrected chi connectivity index (χ4v) is 2.71. The van der Waals surface area contributed by atoms with E-state index in [2.05, 4.69) is 20.0 Å². The Morgan fingerprint density at radius 3 is 2.76 bits per heavy atom. The van der Waals surface area contributed by atoms with Crippen LogP contribution in [0.15, 0.2) is 0 Å². The van der Waals surface area contributed by atoms with E-state index in [-0.39, 0.29) is 6.61 Å². The molecule has 0 amide bonds. The molecule has 0 saturated carbocycles. The van der Waals surface area contributed by atoms with E-state index >= 15 is 0 Å². The zero-order valence-corrected chi connectivity index (χ0v) is 12.3. The molecule has 0 saturated heterocycles. The maximum absolute atomic E-state index is 12.1. The number of nitrogens with zero attached hydrogens (tertiary/aromatic N) is 2. The summed E-state index contributed by atoms with van der Waals surface area (Å²) in [5.74, 6) is 0.902. The van der Waals surface area contributed by atoms with Crippen LogP contribution in [0.4, 0.5) is 13.2 Å². The van der Waals surface area contributed by atoms with Gasteiger partial charge in [-0.15, -0.1) is 0 Å². The predicted molar refractivity (Wildman–Crippen MR) is 71.9 cm³/mol. The number of aromatic nitrogens is 2. The van der Waals surface area contributed by atoms with E-state index in [9.17, 15) is 13.2 Å². The molecule has 0 spiro atoms. The average Bonchev–Trinajstić information content (AvgIpc) is 2.38. The Hall–Kier alpha value is -1.21. The Balaban J connectivity index is 2.03. The van der Waals surface area contributed by atoms with Crippen LogP contribution in [0.5, 0.6) is 0 Å². The van der Waals surface area contributed by atoms with Crippen molar-refractivity contribution >= 4 is 0 Å². The topological polar surface area (TPSA) is 47.0 Å². The first kappa shape index (κ1) is 16.2. The van der Waals surface area contributed by atoms with Crippen molar-refractivity contribution in [3.8, 4) is 0 Å². The normalized spacial score (nSPS) is 18.6. The summed E-state index contributed by atoms with van der Waals surface area (Å²) in [4.78, 5) is 8.64. The van der Waals surface area contributed by atoms with Crippen molar-refractivity contribution < 1.29 is 17.9 Å². The summed E-state index contributed by atoms with van der Waals surface area (Å²) in [7, 11) is 1.93. The lowest BCUT2D eigenvalue weighted by molar-refractivity contribution is -0.177. The summed E-state index contributed by atoms with van der Waals surface area (Å²) < 4.78 is 40.8. The first-order chi connectivity index (χ1) is 9.89. The highest BCUT2D eigenvalue weighted by molar-refractivity contribution is 5.28. The molecule has 1 atom stereocenters. The molecule has 7 heteroatoms. The zero-order chi connectivity index (χ0) is 15.5. The van der Waals surface area contributed by atoms with E-state index in [0.29, 0.717) is 11.7 Å². The first-order valence-electron chi connectivity index (χ1n) is 7.03. The van der Waals surface area contributed by atoms with Gasteiger partial charge in [0.15, 0.2) is 5.82 Å². The predicted octanol–water partition coefficient (Wildman–Crippen LogP) is 2.19. The lowest BCUT2D eigenvalue weighted by atomic mass is 9.86. The number of nitrogens with one attached hydrogen (secondary N) is 1. The van der Waals surface area contributed by atoms with Gasteiger partial charge in [0.25, 0.3) is 0 Å². The van der Waals surface area contributed by atoms with Crippen molar-refractivity contribution in [2.45, 2.75) is 39.0 Å². The van der Waals surface area contributed by atoms with Crippen LogP contribution < -0.4 is 5.32 Å². The molecule has 0 aliphatic heterocycles. The molecule has 2 rings (SSSR count). The van der Waals surface area contributed by atoms with Gasteiger partial charge in [-0.05, 0) is 51.3 Å². The molecule has 1 aromatic rings. The number of alkyl halides is 3. The van der Waals surface area contributed by atoms with Crippen molar-refractivity contribution in [1.82, 2.24) is 15.3 Å². The van der Waals surface area contributed by atoms with Crippen molar-refractivity contribution in [3.63, 3.8) is 0 Å². The Labute approximate surface area is 122 Å². The first-order valence-corrected chi connectivity index (χ1v) is 7.03. The van der Waals surface area contributed by atoms with E-state index in [4.69, 9.17) is 0 Å². The maximum atomic E-state index is 12.1. The second-order valence-electron chi connectivity index (χ2n) is 5.42. The third kappa shape index (κ3) is 4.64. The summed E-state index contributed by atoms with van der Waals surface area (Å²) in [6.45, 7) is 1.37.